The number of carbonyl (C=O) groups is 2. The molecule has 6 nitrogen and oxygen atoms in total. The number of aliphatic carboxylic acids is 1. The number of hydrogen-bond donors (Lipinski definition) is 2. The van der Waals surface area contributed by atoms with Crippen LogP contribution in [0.2, 0.25) is 0 Å². The van der Waals surface area contributed by atoms with Crippen molar-refractivity contribution >= 4 is 17.7 Å². The van der Waals surface area contributed by atoms with Crippen molar-refractivity contribution in [1.82, 2.24) is 4.90 Å². The fraction of sp³-hybridized carbons (Fsp3) is 0.357. The summed E-state index contributed by atoms with van der Waals surface area (Å²) in [5.41, 5.74) is 0.124. The third kappa shape index (κ3) is 2.88. The Labute approximate surface area is 117 Å². The van der Waals surface area contributed by atoms with Gasteiger partial charge in [0.25, 0.3) is 0 Å². The number of rotatable bonds is 3. The highest BCUT2D eigenvalue weighted by Gasteiger charge is 2.35. The summed E-state index contributed by atoms with van der Waals surface area (Å²) >= 11 is 0. The van der Waals surface area contributed by atoms with Crippen molar-refractivity contribution in [1.29, 1.82) is 5.26 Å². The van der Waals surface area contributed by atoms with E-state index in [0.29, 0.717) is 11.3 Å². The molecular weight excluding hydrogens is 258 g/mol. The van der Waals surface area contributed by atoms with Crippen molar-refractivity contribution in [3.8, 4) is 6.07 Å². The number of nitriles is 1. The molecule has 0 saturated heterocycles. The van der Waals surface area contributed by atoms with Crippen LogP contribution in [-0.4, -0.2) is 34.6 Å². The van der Waals surface area contributed by atoms with Gasteiger partial charge in [-0.15, -0.1) is 0 Å². The van der Waals surface area contributed by atoms with Crippen LogP contribution in [-0.2, 0) is 4.79 Å². The Bertz CT molecular complexity index is 588. The lowest BCUT2D eigenvalue weighted by Gasteiger charge is -2.31. The molecule has 1 aromatic rings. The minimum absolute atomic E-state index is 0.363. The van der Waals surface area contributed by atoms with Crippen molar-refractivity contribution < 1.29 is 14.7 Å². The molecule has 20 heavy (non-hydrogen) atoms. The second-order valence-corrected chi connectivity index (χ2v) is 4.96. The van der Waals surface area contributed by atoms with E-state index in [1.807, 2.05) is 6.07 Å². The van der Waals surface area contributed by atoms with E-state index in [9.17, 15) is 9.59 Å². The maximum atomic E-state index is 12.1. The van der Waals surface area contributed by atoms with Crippen LogP contribution in [0.25, 0.3) is 0 Å². The summed E-state index contributed by atoms with van der Waals surface area (Å²) in [6.07, 6.45) is 0. The maximum Gasteiger partial charge on any atom is 0.329 e. The Kier molecular flexibility index (Phi) is 4.35. The largest absolute Gasteiger partial charge is 0.480 e. The normalized spacial score (nSPS) is 10.6. The molecule has 0 radical (unpaired) electrons. The first-order valence-electron chi connectivity index (χ1n) is 5.99. The average Bonchev–Trinajstić information content (AvgIpc) is 2.37. The molecule has 0 saturated carbocycles. The number of hydrogen-bond acceptors (Lipinski definition) is 3. The molecule has 0 fully saturated rings. The van der Waals surface area contributed by atoms with E-state index in [2.05, 4.69) is 5.32 Å². The molecule has 2 N–H and O–H groups in total. The molecular formula is C14H17N3O3. The molecule has 1 aromatic carbocycles. The van der Waals surface area contributed by atoms with Crippen LogP contribution in [0.3, 0.4) is 0 Å². The Morgan fingerprint density at radius 1 is 1.40 bits per heavy atom. The lowest BCUT2D eigenvalue weighted by Crippen LogP contribution is -2.52. The molecule has 0 aliphatic rings. The predicted octanol–water partition coefficient (Wildman–Crippen LogP) is 2.19. The Morgan fingerprint density at radius 3 is 2.50 bits per heavy atom. The van der Waals surface area contributed by atoms with Gasteiger partial charge in [-0.25, -0.2) is 9.59 Å². The predicted molar refractivity (Wildman–Crippen MR) is 74.4 cm³/mol. The monoisotopic (exact) mass is 275 g/mol. The van der Waals surface area contributed by atoms with Gasteiger partial charge in [-0.2, -0.15) is 5.26 Å². The fourth-order valence-corrected chi connectivity index (χ4v) is 1.52. The fourth-order valence-electron chi connectivity index (χ4n) is 1.52. The third-order valence-corrected chi connectivity index (χ3v) is 3.29. The summed E-state index contributed by atoms with van der Waals surface area (Å²) < 4.78 is 0. The van der Waals surface area contributed by atoms with E-state index in [-0.39, 0.29) is 0 Å². The number of benzene rings is 1. The molecule has 0 spiro atoms. The number of aryl methyl sites for hydroxylation is 1. The summed E-state index contributed by atoms with van der Waals surface area (Å²) in [5, 5.41) is 20.8. The Morgan fingerprint density at radius 2 is 2.00 bits per heavy atom. The van der Waals surface area contributed by atoms with Crippen LogP contribution in [0.1, 0.15) is 25.0 Å². The van der Waals surface area contributed by atoms with Gasteiger partial charge in [0.15, 0.2) is 0 Å². The molecule has 0 aliphatic carbocycles. The highest BCUT2D eigenvalue weighted by molar-refractivity contribution is 5.94. The zero-order valence-electron chi connectivity index (χ0n) is 11.9. The average molecular weight is 275 g/mol. The second kappa shape index (κ2) is 5.61. The Balaban J connectivity index is 3.01. The smallest absolute Gasteiger partial charge is 0.329 e. The van der Waals surface area contributed by atoms with Gasteiger partial charge in [0.2, 0.25) is 0 Å². The van der Waals surface area contributed by atoms with E-state index in [4.69, 9.17) is 10.4 Å². The third-order valence-electron chi connectivity index (χ3n) is 3.29. The van der Waals surface area contributed by atoms with Gasteiger partial charge in [-0.3, -0.25) is 0 Å². The number of nitrogens with zero attached hydrogens (tertiary/aromatic N) is 2. The Hall–Kier alpha value is -2.55. The van der Waals surface area contributed by atoms with Crippen LogP contribution in [0.4, 0.5) is 10.5 Å². The summed E-state index contributed by atoms with van der Waals surface area (Å²) in [6.45, 7) is 4.62. The topological polar surface area (TPSA) is 93.4 Å². The highest BCUT2D eigenvalue weighted by Crippen LogP contribution is 2.20. The van der Waals surface area contributed by atoms with Gasteiger partial charge in [0, 0.05) is 7.05 Å². The number of urea groups is 1. The van der Waals surface area contributed by atoms with E-state index in [0.717, 1.165) is 10.5 Å². The SMILES string of the molecule is Cc1cccc(NC(=O)N(C)C(C)(C)C(=O)O)c1C#N. The van der Waals surface area contributed by atoms with Crippen molar-refractivity contribution in [2.45, 2.75) is 26.3 Å². The van der Waals surface area contributed by atoms with Gasteiger partial charge < -0.3 is 15.3 Å². The molecule has 2 amide bonds. The number of anilines is 1. The lowest BCUT2D eigenvalue weighted by atomic mass is 10.0. The van der Waals surface area contributed by atoms with Gasteiger partial charge in [0.1, 0.15) is 11.6 Å². The molecule has 0 aliphatic heterocycles. The van der Waals surface area contributed by atoms with E-state index >= 15 is 0 Å². The number of amides is 2. The zero-order chi connectivity index (χ0) is 15.5. The molecule has 6 heteroatoms. The first kappa shape index (κ1) is 15.5. The highest BCUT2D eigenvalue weighted by atomic mass is 16.4. The van der Waals surface area contributed by atoms with Gasteiger partial charge in [-0.05, 0) is 32.4 Å². The summed E-state index contributed by atoms with van der Waals surface area (Å²) in [7, 11) is 1.39. The van der Waals surface area contributed by atoms with Crippen molar-refractivity contribution in [3.63, 3.8) is 0 Å². The number of nitrogens with one attached hydrogen (secondary N) is 1. The van der Waals surface area contributed by atoms with Crippen molar-refractivity contribution in [2.75, 3.05) is 12.4 Å². The van der Waals surface area contributed by atoms with Crippen LogP contribution in [0.5, 0.6) is 0 Å². The van der Waals surface area contributed by atoms with E-state index in [1.54, 1.807) is 25.1 Å². The number of carbonyl (C=O) groups excluding carboxylic acids is 1. The number of likely N-dealkylation sites (N-methyl/N-ethyl adjacent to an activating group) is 1. The van der Waals surface area contributed by atoms with Crippen LogP contribution in [0.15, 0.2) is 18.2 Å². The van der Waals surface area contributed by atoms with Crippen molar-refractivity contribution in [2.24, 2.45) is 0 Å². The first-order valence-corrected chi connectivity index (χ1v) is 5.99. The minimum atomic E-state index is -1.35. The zero-order valence-corrected chi connectivity index (χ0v) is 11.9. The number of carboxylic acid groups (broad SMARTS) is 1. The van der Waals surface area contributed by atoms with Crippen LogP contribution >= 0.6 is 0 Å². The molecule has 0 bridgehead atoms. The maximum absolute atomic E-state index is 12.1. The molecule has 0 unspecified atom stereocenters. The van der Waals surface area contributed by atoms with E-state index in [1.165, 1.54) is 20.9 Å². The standard InChI is InChI=1S/C14H17N3O3/c1-9-6-5-7-11(10(9)8-15)16-13(20)17(4)14(2,3)12(18)19/h5-7H,1-4H3,(H,16,20)(H,18,19). The first-order chi connectivity index (χ1) is 9.21. The molecule has 0 heterocycles. The lowest BCUT2D eigenvalue weighted by molar-refractivity contribution is -0.146. The number of carboxylic acids is 1. The van der Waals surface area contributed by atoms with Crippen molar-refractivity contribution in [3.05, 3.63) is 29.3 Å². The second-order valence-electron chi connectivity index (χ2n) is 4.96. The summed E-state index contributed by atoms with van der Waals surface area (Å²) in [4.78, 5) is 24.3. The molecule has 0 aromatic heterocycles. The quantitative estimate of drug-likeness (QED) is 0.884. The van der Waals surface area contributed by atoms with Gasteiger partial charge in [0.05, 0.1) is 11.3 Å². The van der Waals surface area contributed by atoms with Crippen LogP contribution < -0.4 is 5.32 Å². The molecule has 0 atom stereocenters. The summed E-state index contributed by atoms with van der Waals surface area (Å²) in [5.74, 6) is -1.11. The molecule has 106 valence electrons. The van der Waals surface area contributed by atoms with Gasteiger partial charge >= 0.3 is 12.0 Å². The van der Waals surface area contributed by atoms with E-state index < -0.39 is 17.5 Å². The minimum Gasteiger partial charge on any atom is -0.480 e. The van der Waals surface area contributed by atoms with Gasteiger partial charge in [-0.1, -0.05) is 12.1 Å². The van der Waals surface area contributed by atoms with Crippen LogP contribution in [0, 0.1) is 18.3 Å². The molecule has 1 rings (SSSR count). The summed E-state index contributed by atoms with van der Waals surface area (Å²) in [6, 6.07) is 6.52.